The zero-order valence-corrected chi connectivity index (χ0v) is 16.3. The molecule has 0 bridgehead atoms. The average molecular weight is 429 g/mol. The SMILES string of the molecule is COc1ccc(S(=O)(=O)NC2CC(O)C2)cc1C(=O)Nc1cc(F)ccc1Cl. The maximum Gasteiger partial charge on any atom is 0.259 e. The standard InChI is InChI=1S/C18H18ClFN2O5S/c1-27-17-5-3-13(28(25,26)22-11-7-12(23)8-11)9-14(17)18(24)21-16-6-10(20)2-4-15(16)19/h2-6,9,11-12,22-23H,7-8H2,1H3,(H,21,24). The van der Waals surface area contributed by atoms with Crippen molar-refractivity contribution < 1.29 is 27.4 Å². The molecule has 0 heterocycles. The second kappa shape index (κ2) is 8.04. The predicted octanol–water partition coefficient (Wildman–Crippen LogP) is 2.54. The van der Waals surface area contributed by atoms with Gasteiger partial charge in [-0.05, 0) is 49.2 Å². The van der Waals surface area contributed by atoms with Gasteiger partial charge in [-0.2, -0.15) is 0 Å². The molecule has 0 aliphatic heterocycles. The zero-order chi connectivity index (χ0) is 20.5. The first-order chi connectivity index (χ1) is 13.2. The Morgan fingerprint density at radius 3 is 2.61 bits per heavy atom. The third kappa shape index (κ3) is 4.44. The number of halogens is 2. The number of benzene rings is 2. The molecule has 0 spiro atoms. The summed E-state index contributed by atoms with van der Waals surface area (Å²) in [6, 6.07) is 6.96. The van der Waals surface area contributed by atoms with Crippen LogP contribution in [0.1, 0.15) is 23.2 Å². The van der Waals surface area contributed by atoms with Crippen molar-refractivity contribution >= 4 is 33.2 Å². The number of sulfonamides is 1. The van der Waals surface area contributed by atoms with Gasteiger partial charge >= 0.3 is 0 Å². The molecule has 1 aliphatic rings. The Hall–Kier alpha value is -2.20. The number of methoxy groups -OCH3 is 1. The summed E-state index contributed by atoms with van der Waals surface area (Å²) in [6.07, 6.45) is 0.155. The van der Waals surface area contributed by atoms with Gasteiger partial charge in [-0.3, -0.25) is 4.79 Å². The number of aliphatic hydroxyl groups excluding tert-OH is 1. The van der Waals surface area contributed by atoms with Gasteiger partial charge in [-0.1, -0.05) is 11.6 Å². The highest BCUT2D eigenvalue weighted by molar-refractivity contribution is 7.89. The number of ether oxygens (including phenoxy) is 1. The minimum absolute atomic E-state index is 0.0450. The minimum atomic E-state index is -3.90. The quantitative estimate of drug-likeness (QED) is 0.655. The Labute approximate surface area is 166 Å². The van der Waals surface area contributed by atoms with Crippen LogP contribution in [0.4, 0.5) is 10.1 Å². The van der Waals surface area contributed by atoms with Gasteiger partial charge < -0.3 is 15.2 Å². The summed E-state index contributed by atoms with van der Waals surface area (Å²) in [5.74, 6) is -1.15. The third-order valence-electron chi connectivity index (χ3n) is 4.34. The molecular weight excluding hydrogens is 411 g/mol. The van der Waals surface area contributed by atoms with Crippen LogP contribution in [0.3, 0.4) is 0 Å². The first-order valence-electron chi connectivity index (χ1n) is 8.34. The van der Waals surface area contributed by atoms with Crippen LogP contribution in [-0.4, -0.2) is 38.7 Å². The van der Waals surface area contributed by atoms with E-state index in [2.05, 4.69) is 10.0 Å². The largest absolute Gasteiger partial charge is 0.496 e. The molecule has 0 unspecified atom stereocenters. The van der Waals surface area contributed by atoms with Crippen molar-refractivity contribution in [1.29, 1.82) is 0 Å². The van der Waals surface area contributed by atoms with Gasteiger partial charge in [0.2, 0.25) is 10.0 Å². The summed E-state index contributed by atoms with van der Waals surface area (Å²) in [6.45, 7) is 0. The summed E-state index contributed by atoms with van der Waals surface area (Å²) in [5.41, 5.74) is -0.0112. The highest BCUT2D eigenvalue weighted by Gasteiger charge is 2.31. The van der Waals surface area contributed by atoms with Crippen molar-refractivity contribution in [2.45, 2.75) is 29.9 Å². The maximum atomic E-state index is 13.4. The van der Waals surface area contributed by atoms with Crippen LogP contribution in [0.5, 0.6) is 5.75 Å². The molecule has 7 nitrogen and oxygen atoms in total. The normalized spacial score (nSPS) is 19.0. The molecule has 10 heteroatoms. The van der Waals surface area contributed by atoms with Crippen molar-refractivity contribution in [3.63, 3.8) is 0 Å². The monoisotopic (exact) mass is 428 g/mol. The molecule has 0 radical (unpaired) electrons. The summed E-state index contributed by atoms with van der Waals surface area (Å²) >= 11 is 5.96. The predicted molar refractivity (Wildman–Crippen MR) is 102 cm³/mol. The Balaban J connectivity index is 1.88. The van der Waals surface area contributed by atoms with Crippen LogP contribution < -0.4 is 14.8 Å². The summed E-state index contributed by atoms with van der Waals surface area (Å²) in [5, 5.41) is 11.9. The lowest BCUT2D eigenvalue weighted by molar-refractivity contribution is 0.0712. The molecule has 0 saturated heterocycles. The number of amides is 1. The highest BCUT2D eigenvalue weighted by Crippen LogP contribution is 2.28. The highest BCUT2D eigenvalue weighted by atomic mass is 35.5. The minimum Gasteiger partial charge on any atom is -0.496 e. The molecule has 1 fully saturated rings. The molecule has 3 N–H and O–H groups in total. The van der Waals surface area contributed by atoms with E-state index in [-0.39, 0.29) is 33.0 Å². The van der Waals surface area contributed by atoms with Crippen molar-refractivity contribution in [2.75, 3.05) is 12.4 Å². The molecule has 1 saturated carbocycles. The molecule has 0 atom stereocenters. The van der Waals surface area contributed by atoms with Crippen molar-refractivity contribution in [3.8, 4) is 5.75 Å². The van der Waals surface area contributed by atoms with Crippen LogP contribution in [-0.2, 0) is 10.0 Å². The van der Waals surface area contributed by atoms with Crippen LogP contribution in [0.15, 0.2) is 41.3 Å². The average Bonchev–Trinajstić information content (AvgIpc) is 2.62. The van der Waals surface area contributed by atoms with E-state index in [4.69, 9.17) is 16.3 Å². The number of hydrogen-bond donors (Lipinski definition) is 3. The number of anilines is 1. The fourth-order valence-electron chi connectivity index (χ4n) is 2.79. The molecule has 2 aromatic rings. The fraction of sp³-hybridized carbons (Fsp3) is 0.278. The van der Waals surface area contributed by atoms with E-state index in [1.165, 1.54) is 31.4 Å². The van der Waals surface area contributed by atoms with Gasteiger partial charge in [0.15, 0.2) is 0 Å². The number of hydrogen-bond acceptors (Lipinski definition) is 5. The van der Waals surface area contributed by atoms with Gasteiger partial charge in [0, 0.05) is 6.04 Å². The van der Waals surface area contributed by atoms with E-state index in [1.54, 1.807) is 0 Å². The Kier molecular flexibility index (Phi) is 5.90. The number of carbonyl (C=O) groups excluding carboxylic acids is 1. The van der Waals surface area contributed by atoms with E-state index in [0.717, 1.165) is 12.1 Å². The van der Waals surface area contributed by atoms with Crippen LogP contribution in [0.2, 0.25) is 5.02 Å². The number of rotatable bonds is 6. The molecule has 0 aromatic heterocycles. The Bertz CT molecular complexity index is 1010. The van der Waals surface area contributed by atoms with Crippen molar-refractivity contribution in [3.05, 3.63) is 52.8 Å². The maximum absolute atomic E-state index is 13.4. The molecular formula is C18H18ClFN2O5S. The fourth-order valence-corrected chi connectivity index (χ4v) is 4.24. The van der Waals surface area contributed by atoms with Gasteiger partial charge in [-0.15, -0.1) is 0 Å². The second-order valence-corrected chi connectivity index (χ2v) is 8.51. The molecule has 1 aliphatic carbocycles. The number of nitrogens with one attached hydrogen (secondary N) is 2. The van der Waals surface area contributed by atoms with Crippen LogP contribution >= 0.6 is 11.6 Å². The summed E-state index contributed by atoms with van der Waals surface area (Å²) in [4.78, 5) is 12.5. The van der Waals surface area contributed by atoms with E-state index < -0.39 is 27.9 Å². The molecule has 1 amide bonds. The van der Waals surface area contributed by atoms with E-state index in [1.807, 2.05) is 0 Å². The molecule has 3 rings (SSSR count). The lowest BCUT2D eigenvalue weighted by Crippen LogP contribution is -2.46. The van der Waals surface area contributed by atoms with Crippen LogP contribution in [0, 0.1) is 5.82 Å². The Morgan fingerprint density at radius 1 is 1.25 bits per heavy atom. The summed E-state index contributed by atoms with van der Waals surface area (Å²) < 4.78 is 46.1. The lowest BCUT2D eigenvalue weighted by atomic mass is 9.91. The topological polar surface area (TPSA) is 105 Å². The van der Waals surface area contributed by atoms with Crippen molar-refractivity contribution in [2.24, 2.45) is 0 Å². The van der Waals surface area contributed by atoms with E-state index in [9.17, 15) is 22.7 Å². The van der Waals surface area contributed by atoms with Gasteiger partial charge in [-0.25, -0.2) is 17.5 Å². The molecule has 2 aromatic carbocycles. The van der Waals surface area contributed by atoms with E-state index in [0.29, 0.717) is 12.8 Å². The first kappa shape index (κ1) is 20.5. The van der Waals surface area contributed by atoms with Crippen LogP contribution in [0.25, 0.3) is 0 Å². The third-order valence-corrected chi connectivity index (χ3v) is 6.19. The van der Waals surface area contributed by atoms with Gasteiger partial charge in [0.25, 0.3) is 5.91 Å². The first-order valence-corrected chi connectivity index (χ1v) is 10.2. The lowest BCUT2D eigenvalue weighted by Gasteiger charge is -2.31. The van der Waals surface area contributed by atoms with Crippen molar-refractivity contribution in [1.82, 2.24) is 4.72 Å². The number of carbonyl (C=O) groups is 1. The number of aliphatic hydroxyl groups is 1. The van der Waals surface area contributed by atoms with Gasteiger partial charge in [0.1, 0.15) is 11.6 Å². The molecule has 28 heavy (non-hydrogen) atoms. The van der Waals surface area contributed by atoms with Gasteiger partial charge in [0.05, 0.1) is 34.4 Å². The Morgan fingerprint density at radius 2 is 1.96 bits per heavy atom. The smallest absolute Gasteiger partial charge is 0.259 e. The van der Waals surface area contributed by atoms with E-state index >= 15 is 0 Å². The zero-order valence-electron chi connectivity index (χ0n) is 14.8. The molecule has 150 valence electrons. The summed E-state index contributed by atoms with van der Waals surface area (Å²) in [7, 11) is -2.56. The second-order valence-electron chi connectivity index (χ2n) is 6.38.